The topological polar surface area (TPSA) is 20.3 Å². The van der Waals surface area contributed by atoms with Crippen LogP contribution in [0.1, 0.15) is 34.7 Å². The molecule has 1 aliphatic heterocycles. The quantitative estimate of drug-likeness (QED) is 0.662. The van der Waals surface area contributed by atoms with Crippen molar-refractivity contribution in [2.75, 3.05) is 20.1 Å². The van der Waals surface area contributed by atoms with Gasteiger partial charge in [0.05, 0.1) is 0 Å². The van der Waals surface area contributed by atoms with Crippen LogP contribution in [0, 0.1) is 5.92 Å². The summed E-state index contributed by atoms with van der Waals surface area (Å²) in [5, 5.41) is 0. The number of Topliss-reactive ketones (excluding diaryl/α,β-unsaturated/α-hetero) is 1. The molecular weight excluding hydrogens is 198 g/mol. The van der Waals surface area contributed by atoms with Crippen LogP contribution in [-0.4, -0.2) is 30.8 Å². The molecule has 2 heteroatoms. The lowest BCUT2D eigenvalue weighted by Gasteiger charge is -2.40. The molecular formula is C14H17NO. The molecule has 16 heavy (non-hydrogen) atoms. The van der Waals surface area contributed by atoms with Gasteiger partial charge in [0.25, 0.3) is 0 Å². The van der Waals surface area contributed by atoms with Crippen molar-refractivity contribution in [3.05, 3.63) is 35.4 Å². The third-order valence-electron chi connectivity index (χ3n) is 4.07. The SMILES string of the molecule is CN1CCC2CC(=O)c3ccccc3C2C1. The van der Waals surface area contributed by atoms with Crippen LogP contribution in [0.15, 0.2) is 24.3 Å². The van der Waals surface area contributed by atoms with Gasteiger partial charge in [-0.05, 0) is 31.5 Å². The molecule has 0 spiro atoms. The van der Waals surface area contributed by atoms with Crippen molar-refractivity contribution in [3.63, 3.8) is 0 Å². The van der Waals surface area contributed by atoms with Crippen LogP contribution in [0.3, 0.4) is 0 Å². The second-order valence-electron chi connectivity index (χ2n) is 5.13. The maximum atomic E-state index is 12.0. The summed E-state index contributed by atoms with van der Waals surface area (Å²) in [6.45, 7) is 2.24. The van der Waals surface area contributed by atoms with Crippen molar-refractivity contribution in [1.82, 2.24) is 4.90 Å². The fourth-order valence-corrected chi connectivity index (χ4v) is 3.18. The number of likely N-dealkylation sites (N-methyl/N-ethyl adjacent to an activating group) is 1. The van der Waals surface area contributed by atoms with Gasteiger partial charge < -0.3 is 4.90 Å². The van der Waals surface area contributed by atoms with Crippen LogP contribution >= 0.6 is 0 Å². The highest BCUT2D eigenvalue weighted by atomic mass is 16.1. The molecule has 1 fully saturated rings. The van der Waals surface area contributed by atoms with E-state index >= 15 is 0 Å². The molecule has 84 valence electrons. The summed E-state index contributed by atoms with van der Waals surface area (Å²) in [6.07, 6.45) is 1.93. The van der Waals surface area contributed by atoms with Crippen LogP contribution in [0.25, 0.3) is 0 Å². The molecule has 1 heterocycles. The number of piperidine rings is 1. The van der Waals surface area contributed by atoms with Crippen LogP contribution < -0.4 is 0 Å². The van der Waals surface area contributed by atoms with Gasteiger partial charge in [0.1, 0.15) is 0 Å². The maximum absolute atomic E-state index is 12.0. The van der Waals surface area contributed by atoms with Gasteiger partial charge in [0.15, 0.2) is 5.78 Å². The summed E-state index contributed by atoms with van der Waals surface area (Å²) >= 11 is 0. The molecule has 2 aliphatic rings. The second-order valence-corrected chi connectivity index (χ2v) is 5.13. The third-order valence-corrected chi connectivity index (χ3v) is 4.07. The van der Waals surface area contributed by atoms with Crippen LogP contribution in [0.4, 0.5) is 0 Å². The zero-order valence-corrected chi connectivity index (χ0v) is 9.65. The van der Waals surface area contributed by atoms with Gasteiger partial charge in [-0.1, -0.05) is 24.3 Å². The fourth-order valence-electron chi connectivity index (χ4n) is 3.18. The van der Waals surface area contributed by atoms with Crippen molar-refractivity contribution < 1.29 is 4.79 Å². The van der Waals surface area contributed by atoms with Gasteiger partial charge in [0.2, 0.25) is 0 Å². The Morgan fingerprint density at radius 3 is 3.00 bits per heavy atom. The highest BCUT2D eigenvalue weighted by molar-refractivity contribution is 5.99. The Balaban J connectivity index is 2.04. The zero-order chi connectivity index (χ0) is 11.1. The van der Waals surface area contributed by atoms with E-state index < -0.39 is 0 Å². The monoisotopic (exact) mass is 215 g/mol. The molecule has 0 aromatic heterocycles. The van der Waals surface area contributed by atoms with Crippen molar-refractivity contribution >= 4 is 5.78 Å². The minimum absolute atomic E-state index is 0.349. The smallest absolute Gasteiger partial charge is 0.163 e. The Bertz CT molecular complexity index is 426. The summed E-state index contributed by atoms with van der Waals surface area (Å²) in [6, 6.07) is 8.17. The molecule has 2 atom stereocenters. The number of likely N-dealkylation sites (tertiary alicyclic amines) is 1. The number of carbonyl (C=O) groups excluding carboxylic acids is 1. The normalized spacial score (nSPS) is 29.7. The van der Waals surface area contributed by atoms with E-state index in [1.54, 1.807) is 0 Å². The second kappa shape index (κ2) is 3.70. The number of benzene rings is 1. The van der Waals surface area contributed by atoms with E-state index in [1.807, 2.05) is 12.1 Å². The van der Waals surface area contributed by atoms with Crippen LogP contribution in [-0.2, 0) is 0 Å². The highest BCUT2D eigenvalue weighted by Gasteiger charge is 2.36. The Hall–Kier alpha value is -1.15. The number of hydrogen-bond acceptors (Lipinski definition) is 2. The molecule has 2 unspecified atom stereocenters. The van der Waals surface area contributed by atoms with E-state index in [-0.39, 0.29) is 0 Å². The first-order chi connectivity index (χ1) is 7.75. The molecule has 3 rings (SSSR count). The zero-order valence-electron chi connectivity index (χ0n) is 9.65. The minimum Gasteiger partial charge on any atom is -0.306 e. The van der Waals surface area contributed by atoms with Gasteiger partial charge >= 0.3 is 0 Å². The van der Waals surface area contributed by atoms with E-state index in [4.69, 9.17) is 0 Å². The van der Waals surface area contributed by atoms with Gasteiger partial charge in [-0.15, -0.1) is 0 Å². The molecule has 1 aromatic carbocycles. The lowest BCUT2D eigenvalue weighted by Crippen LogP contribution is -2.40. The molecule has 0 bridgehead atoms. The van der Waals surface area contributed by atoms with Gasteiger partial charge in [-0.25, -0.2) is 0 Å². The van der Waals surface area contributed by atoms with Crippen molar-refractivity contribution in [2.24, 2.45) is 5.92 Å². The lowest BCUT2D eigenvalue weighted by atomic mass is 9.71. The largest absolute Gasteiger partial charge is 0.306 e. The van der Waals surface area contributed by atoms with Crippen molar-refractivity contribution in [2.45, 2.75) is 18.8 Å². The number of nitrogens with zero attached hydrogens (tertiary/aromatic N) is 1. The Labute approximate surface area is 96.3 Å². The third kappa shape index (κ3) is 1.49. The average Bonchev–Trinajstić information content (AvgIpc) is 2.31. The molecule has 2 nitrogen and oxygen atoms in total. The fraction of sp³-hybridized carbons (Fsp3) is 0.500. The van der Waals surface area contributed by atoms with Gasteiger partial charge in [-0.3, -0.25) is 4.79 Å². The molecule has 0 radical (unpaired) electrons. The summed E-state index contributed by atoms with van der Waals surface area (Å²) in [5.41, 5.74) is 2.26. The average molecular weight is 215 g/mol. The predicted molar refractivity (Wildman–Crippen MR) is 63.7 cm³/mol. The van der Waals surface area contributed by atoms with Crippen molar-refractivity contribution in [3.8, 4) is 0 Å². The number of fused-ring (bicyclic) bond motifs is 3. The highest BCUT2D eigenvalue weighted by Crippen LogP contribution is 2.40. The number of hydrogen-bond donors (Lipinski definition) is 0. The van der Waals surface area contributed by atoms with E-state index in [2.05, 4.69) is 24.1 Å². The number of carbonyl (C=O) groups is 1. The summed E-state index contributed by atoms with van der Waals surface area (Å²) in [7, 11) is 2.18. The van der Waals surface area contributed by atoms with Gasteiger partial charge in [0, 0.05) is 24.4 Å². The number of rotatable bonds is 0. The standard InChI is InChI=1S/C14H17NO/c1-15-7-6-10-8-14(16)12-5-3-2-4-11(12)13(10)9-15/h2-5,10,13H,6-9H2,1H3. The van der Waals surface area contributed by atoms with E-state index in [0.29, 0.717) is 17.6 Å². The molecule has 1 aromatic rings. The molecule has 0 saturated carbocycles. The predicted octanol–water partition coefficient (Wildman–Crippen LogP) is 2.31. The van der Waals surface area contributed by atoms with E-state index in [0.717, 1.165) is 25.1 Å². The van der Waals surface area contributed by atoms with Gasteiger partial charge in [-0.2, -0.15) is 0 Å². The molecule has 0 amide bonds. The Morgan fingerprint density at radius 1 is 1.31 bits per heavy atom. The minimum atomic E-state index is 0.349. The van der Waals surface area contributed by atoms with Crippen LogP contribution in [0.5, 0.6) is 0 Å². The Kier molecular flexibility index (Phi) is 2.32. The first-order valence-corrected chi connectivity index (χ1v) is 6.06. The molecule has 1 aliphatic carbocycles. The van der Waals surface area contributed by atoms with Crippen LogP contribution in [0.2, 0.25) is 0 Å². The summed E-state index contributed by atoms with van der Waals surface area (Å²) in [4.78, 5) is 14.4. The Morgan fingerprint density at radius 2 is 2.12 bits per heavy atom. The molecule has 0 N–H and O–H groups in total. The van der Waals surface area contributed by atoms with E-state index in [1.165, 1.54) is 12.0 Å². The first-order valence-electron chi connectivity index (χ1n) is 6.06. The summed E-state index contributed by atoms with van der Waals surface area (Å²) in [5.74, 6) is 1.51. The molecule has 1 saturated heterocycles. The number of ketones is 1. The maximum Gasteiger partial charge on any atom is 0.163 e. The lowest BCUT2D eigenvalue weighted by molar-refractivity contribution is 0.0887. The van der Waals surface area contributed by atoms with E-state index in [9.17, 15) is 4.79 Å². The summed E-state index contributed by atoms with van der Waals surface area (Å²) < 4.78 is 0. The first kappa shape index (κ1) is 10.0. The van der Waals surface area contributed by atoms with Crippen molar-refractivity contribution in [1.29, 1.82) is 0 Å².